The van der Waals surface area contributed by atoms with Gasteiger partial charge in [-0.05, 0) is 115 Å². The summed E-state index contributed by atoms with van der Waals surface area (Å²) in [5.41, 5.74) is 13.0. The molecule has 0 aliphatic rings. The largest absolute Gasteiger partial charge is 0.345 e. The Morgan fingerprint density at radius 3 is 1.58 bits per heavy atom. The normalized spacial score (nSPS) is 12.6. The van der Waals surface area contributed by atoms with E-state index in [0.29, 0.717) is 0 Å². The molecule has 0 saturated carbocycles. The molecule has 2 nitrogen and oxygen atoms in total. The monoisotopic (exact) mass is 590 g/mol. The lowest BCUT2D eigenvalue weighted by molar-refractivity contribution is 1.01. The van der Waals surface area contributed by atoms with Crippen LogP contribution < -0.4 is 9.80 Å². The molecule has 228 valence electrons. The van der Waals surface area contributed by atoms with Crippen molar-refractivity contribution in [1.29, 1.82) is 0 Å². The minimum Gasteiger partial charge on any atom is -0.345 e. The second-order valence-electron chi connectivity index (χ2n) is 11.0. The molecule has 45 heavy (non-hydrogen) atoms. The van der Waals surface area contributed by atoms with Crippen molar-refractivity contribution in [2.45, 2.75) is 40.5 Å². The molecule has 0 spiro atoms. The van der Waals surface area contributed by atoms with Crippen LogP contribution in [0.3, 0.4) is 0 Å². The van der Waals surface area contributed by atoms with Crippen LogP contribution in [0.1, 0.15) is 40.5 Å². The molecule has 0 bridgehead atoms. The third-order valence-corrected chi connectivity index (χ3v) is 8.21. The standard InChI is InChI=1S/C43H46N2/c1-8-16-39(12-5)45(43(17-9-2)32-34(11-4)33(6)10-3)42-30-26-38(27-31-42)36-22-20-35(21-23-36)37-24-28-41(29-25-37)44(7)40-18-14-13-15-19-40/h8-9,12-32H,1,5,10-11H2,2-4,6-7H3/b17-9-,34-33+,39-16+,43-32+. The molecule has 4 aromatic carbocycles. The lowest BCUT2D eigenvalue weighted by Crippen LogP contribution is -2.20. The highest BCUT2D eigenvalue weighted by atomic mass is 15.1. The van der Waals surface area contributed by atoms with Crippen LogP contribution in [-0.2, 0) is 0 Å². The molecular formula is C43H46N2. The molecule has 0 radical (unpaired) electrons. The first kappa shape index (κ1) is 32.8. The van der Waals surface area contributed by atoms with Gasteiger partial charge in [-0.3, -0.25) is 0 Å². The summed E-state index contributed by atoms with van der Waals surface area (Å²) in [6, 6.07) is 36.7. The summed E-state index contributed by atoms with van der Waals surface area (Å²) in [4.78, 5) is 4.45. The molecule has 0 aliphatic heterocycles. The van der Waals surface area contributed by atoms with Crippen molar-refractivity contribution < 1.29 is 0 Å². The third kappa shape index (κ3) is 8.10. The zero-order chi connectivity index (χ0) is 32.2. The van der Waals surface area contributed by atoms with E-state index in [-0.39, 0.29) is 0 Å². The summed E-state index contributed by atoms with van der Waals surface area (Å²) in [6.45, 7) is 16.8. The first-order valence-electron chi connectivity index (χ1n) is 15.8. The molecule has 0 heterocycles. The van der Waals surface area contributed by atoms with Crippen molar-refractivity contribution in [3.63, 3.8) is 0 Å². The van der Waals surface area contributed by atoms with Crippen LogP contribution in [0.25, 0.3) is 22.3 Å². The fourth-order valence-corrected chi connectivity index (χ4v) is 5.43. The van der Waals surface area contributed by atoms with Gasteiger partial charge in [-0.15, -0.1) is 0 Å². The summed E-state index contributed by atoms with van der Waals surface area (Å²) in [6.07, 6.45) is 14.3. The second kappa shape index (κ2) is 16.1. The molecular weight excluding hydrogens is 544 g/mol. The van der Waals surface area contributed by atoms with E-state index >= 15 is 0 Å². The van der Waals surface area contributed by atoms with Crippen molar-refractivity contribution in [1.82, 2.24) is 0 Å². The highest BCUT2D eigenvalue weighted by molar-refractivity contribution is 5.74. The first-order valence-corrected chi connectivity index (χ1v) is 15.8. The van der Waals surface area contributed by atoms with Gasteiger partial charge < -0.3 is 9.80 Å². The summed E-state index contributed by atoms with van der Waals surface area (Å²) >= 11 is 0. The average molecular weight is 591 g/mol. The molecule has 0 aliphatic carbocycles. The van der Waals surface area contributed by atoms with Gasteiger partial charge in [0.05, 0.1) is 0 Å². The molecule has 4 rings (SSSR count). The third-order valence-electron chi connectivity index (χ3n) is 8.21. The predicted molar refractivity (Wildman–Crippen MR) is 199 cm³/mol. The number of allylic oxidation sites excluding steroid dienone is 8. The smallest absolute Gasteiger partial charge is 0.0462 e. The predicted octanol–water partition coefficient (Wildman–Crippen LogP) is 12.4. The molecule has 2 heteroatoms. The van der Waals surface area contributed by atoms with Gasteiger partial charge in [0.1, 0.15) is 0 Å². The maximum atomic E-state index is 4.12. The van der Waals surface area contributed by atoms with Gasteiger partial charge >= 0.3 is 0 Å². The maximum Gasteiger partial charge on any atom is 0.0462 e. The van der Waals surface area contributed by atoms with Gasteiger partial charge in [0, 0.05) is 35.5 Å². The van der Waals surface area contributed by atoms with Crippen LogP contribution in [0.2, 0.25) is 0 Å². The molecule has 4 aromatic rings. The summed E-state index contributed by atoms with van der Waals surface area (Å²) < 4.78 is 0. The molecule has 0 fully saturated rings. The Balaban J connectivity index is 1.61. The Kier molecular flexibility index (Phi) is 11.8. The lowest BCUT2D eigenvalue weighted by atomic mass is 9.99. The molecule has 0 amide bonds. The Labute approximate surface area is 271 Å². The van der Waals surface area contributed by atoms with Crippen molar-refractivity contribution in [2.75, 3.05) is 16.8 Å². The van der Waals surface area contributed by atoms with E-state index in [0.717, 1.165) is 35.6 Å². The minimum absolute atomic E-state index is 0.969. The van der Waals surface area contributed by atoms with Crippen molar-refractivity contribution >= 4 is 17.1 Å². The van der Waals surface area contributed by atoms with E-state index in [1.165, 1.54) is 39.1 Å². The lowest BCUT2D eigenvalue weighted by Gasteiger charge is -2.28. The summed E-state index contributed by atoms with van der Waals surface area (Å²) in [5.74, 6) is 0. The van der Waals surface area contributed by atoms with Crippen LogP contribution >= 0.6 is 0 Å². The quantitative estimate of drug-likeness (QED) is 0.143. The number of rotatable bonds is 13. The highest BCUT2D eigenvalue weighted by Crippen LogP contribution is 2.32. The second-order valence-corrected chi connectivity index (χ2v) is 11.0. The fourth-order valence-electron chi connectivity index (χ4n) is 5.43. The number of nitrogens with zero attached hydrogens (tertiary/aromatic N) is 2. The van der Waals surface area contributed by atoms with E-state index in [1.807, 2.05) is 24.3 Å². The molecule has 0 N–H and O–H groups in total. The fraction of sp³-hybridized carbons (Fsp3) is 0.163. The Hall–Kier alpha value is -5.08. The van der Waals surface area contributed by atoms with Gasteiger partial charge in [-0.2, -0.15) is 0 Å². The van der Waals surface area contributed by atoms with Gasteiger partial charge in [0.15, 0.2) is 0 Å². The molecule has 0 unspecified atom stereocenters. The average Bonchev–Trinajstić information content (AvgIpc) is 3.10. The van der Waals surface area contributed by atoms with E-state index in [4.69, 9.17) is 0 Å². The highest BCUT2D eigenvalue weighted by Gasteiger charge is 2.15. The van der Waals surface area contributed by atoms with E-state index in [1.54, 1.807) is 0 Å². The van der Waals surface area contributed by atoms with Gasteiger partial charge in [0.25, 0.3) is 0 Å². The molecule has 0 saturated heterocycles. The first-order chi connectivity index (χ1) is 21.9. The van der Waals surface area contributed by atoms with Crippen LogP contribution in [-0.4, -0.2) is 7.05 Å². The number of hydrogen-bond donors (Lipinski definition) is 0. The number of benzene rings is 4. The van der Waals surface area contributed by atoms with Gasteiger partial charge in [-0.25, -0.2) is 0 Å². The number of anilines is 3. The van der Waals surface area contributed by atoms with Gasteiger partial charge in [0.2, 0.25) is 0 Å². The summed E-state index contributed by atoms with van der Waals surface area (Å²) in [5, 5.41) is 0. The van der Waals surface area contributed by atoms with Crippen LogP contribution in [0.5, 0.6) is 0 Å². The maximum absolute atomic E-state index is 4.12. The Morgan fingerprint density at radius 1 is 0.644 bits per heavy atom. The summed E-state index contributed by atoms with van der Waals surface area (Å²) in [7, 11) is 2.10. The van der Waals surface area contributed by atoms with Crippen LogP contribution in [0, 0.1) is 0 Å². The topological polar surface area (TPSA) is 6.48 Å². The van der Waals surface area contributed by atoms with Crippen LogP contribution in [0.15, 0.2) is 175 Å². The zero-order valence-electron chi connectivity index (χ0n) is 27.5. The zero-order valence-corrected chi connectivity index (χ0v) is 27.5. The van der Waals surface area contributed by atoms with Crippen molar-refractivity contribution in [2.24, 2.45) is 0 Å². The van der Waals surface area contributed by atoms with E-state index < -0.39 is 0 Å². The Bertz CT molecular complexity index is 1680. The van der Waals surface area contributed by atoms with E-state index in [2.05, 4.69) is 173 Å². The van der Waals surface area contributed by atoms with Crippen molar-refractivity contribution in [3.8, 4) is 22.3 Å². The minimum atomic E-state index is 0.969. The SMILES string of the molecule is C=C/C=C(\C=C)N(C(/C=C\C)=C/C(CC)=C(\C)CC)c1ccc(-c2ccc(-c3ccc(N(C)c4ccccc4)cc3)cc2)cc1. The number of hydrogen-bond acceptors (Lipinski definition) is 2. The van der Waals surface area contributed by atoms with Gasteiger partial charge in [-0.1, -0.05) is 111 Å². The van der Waals surface area contributed by atoms with Crippen LogP contribution in [0.4, 0.5) is 17.1 Å². The Morgan fingerprint density at radius 2 is 1.13 bits per heavy atom. The molecule has 0 atom stereocenters. The van der Waals surface area contributed by atoms with E-state index in [9.17, 15) is 0 Å². The molecule has 0 aromatic heterocycles. The van der Waals surface area contributed by atoms with Crippen molar-refractivity contribution in [3.05, 3.63) is 175 Å². The number of para-hydroxylation sites is 1.